The molecule has 1 amide bonds. The molecule has 20 heavy (non-hydrogen) atoms. The molecule has 1 fully saturated rings. The van der Waals surface area contributed by atoms with Gasteiger partial charge in [-0.25, -0.2) is 4.39 Å². The first-order valence-corrected chi connectivity index (χ1v) is 7.22. The number of aromatic amines is 1. The van der Waals surface area contributed by atoms with Crippen LogP contribution in [0.1, 0.15) is 25.7 Å². The molecule has 1 heterocycles. The van der Waals surface area contributed by atoms with Gasteiger partial charge in [0.1, 0.15) is 5.82 Å². The zero-order valence-corrected chi connectivity index (χ0v) is 11.8. The Bertz CT molecular complexity index is 702. The summed E-state index contributed by atoms with van der Waals surface area (Å²) in [5, 5.41) is 2.95. The predicted molar refractivity (Wildman–Crippen MR) is 77.5 cm³/mol. The van der Waals surface area contributed by atoms with Gasteiger partial charge in [0.2, 0.25) is 5.91 Å². The zero-order valence-electron chi connectivity index (χ0n) is 11.0. The number of hydrogen-bond donors (Lipinski definition) is 2. The number of hydrogen-bond acceptors (Lipinski definition) is 2. The number of carbonyl (C=O) groups is 1. The van der Waals surface area contributed by atoms with Crippen molar-refractivity contribution in [1.29, 1.82) is 0 Å². The highest BCUT2D eigenvalue weighted by Gasteiger charge is 2.22. The van der Waals surface area contributed by atoms with E-state index in [0.717, 1.165) is 23.9 Å². The van der Waals surface area contributed by atoms with Crippen LogP contribution in [-0.4, -0.2) is 21.5 Å². The van der Waals surface area contributed by atoms with Crippen LogP contribution in [0.3, 0.4) is 0 Å². The van der Waals surface area contributed by atoms with Gasteiger partial charge in [-0.3, -0.25) is 4.79 Å². The van der Waals surface area contributed by atoms with E-state index in [4.69, 9.17) is 12.2 Å². The topological polar surface area (TPSA) is 49.8 Å². The average Bonchev–Trinajstić information content (AvgIpc) is 3.15. The minimum Gasteiger partial charge on any atom is -0.353 e. The minimum atomic E-state index is -0.285. The summed E-state index contributed by atoms with van der Waals surface area (Å²) in [6.07, 6.45) is 3.35. The molecule has 0 aliphatic heterocycles. The number of nitrogens with zero attached hydrogens (tertiary/aromatic N) is 1. The fourth-order valence-corrected chi connectivity index (χ4v) is 2.57. The third-order valence-corrected chi connectivity index (χ3v) is 3.79. The standard InChI is InChI=1S/C14H16FN3OS/c15-9-3-6-11-12(8-9)18(14(20)17-11)7-1-2-13(19)16-10-4-5-10/h3,6,8,10H,1-2,4-5,7H2,(H,16,19)(H,17,20). The molecule has 6 heteroatoms. The van der Waals surface area contributed by atoms with Gasteiger partial charge in [0, 0.05) is 19.0 Å². The van der Waals surface area contributed by atoms with Gasteiger partial charge in [0.05, 0.1) is 11.0 Å². The Morgan fingerprint density at radius 2 is 2.30 bits per heavy atom. The van der Waals surface area contributed by atoms with Gasteiger partial charge in [0.15, 0.2) is 4.77 Å². The van der Waals surface area contributed by atoms with Crippen molar-refractivity contribution in [3.63, 3.8) is 0 Å². The minimum absolute atomic E-state index is 0.0880. The first-order valence-electron chi connectivity index (χ1n) is 6.81. The third kappa shape index (κ3) is 2.90. The molecular formula is C14H16FN3OS. The average molecular weight is 293 g/mol. The molecule has 3 rings (SSSR count). The second-order valence-corrected chi connectivity index (χ2v) is 5.58. The van der Waals surface area contributed by atoms with Crippen molar-refractivity contribution >= 4 is 29.2 Å². The van der Waals surface area contributed by atoms with Crippen LogP contribution in [0.5, 0.6) is 0 Å². The molecular weight excluding hydrogens is 277 g/mol. The first kappa shape index (κ1) is 13.3. The quantitative estimate of drug-likeness (QED) is 0.833. The van der Waals surface area contributed by atoms with Crippen molar-refractivity contribution in [2.75, 3.05) is 0 Å². The van der Waals surface area contributed by atoms with Crippen molar-refractivity contribution in [2.45, 2.75) is 38.3 Å². The van der Waals surface area contributed by atoms with E-state index >= 15 is 0 Å². The highest BCUT2D eigenvalue weighted by Crippen LogP contribution is 2.19. The summed E-state index contributed by atoms with van der Waals surface area (Å²) in [5.74, 6) is -0.197. The summed E-state index contributed by atoms with van der Waals surface area (Å²) < 4.78 is 15.7. The van der Waals surface area contributed by atoms with Crippen LogP contribution >= 0.6 is 12.2 Å². The summed E-state index contributed by atoms with van der Waals surface area (Å²) >= 11 is 5.24. The molecule has 106 valence electrons. The van der Waals surface area contributed by atoms with E-state index in [0.29, 0.717) is 30.2 Å². The maximum absolute atomic E-state index is 13.3. The Hall–Kier alpha value is -1.69. The number of rotatable bonds is 5. The Balaban J connectivity index is 1.67. The van der Waals surface area contributed by atoms with Crippen LogP contribution in [0.2, 0.25) is 0 Å². The summed E-state index contributed by atoms with van der Waals surface area (Å²) in [4.78, 5) is 14.7. The Kier molecular flexibility index (Phi) is 3.56. The molecule has 0 unspecified atom stereocenters. The lowest BCUT2D eigenvalue weighted by Gasteiger charge is -2.05. The van der Waals surface area contributed by atoms with Crippen LogP contribution in [0, 0.1) is 10.6 Å². The van der Waals surface area contributed by atoms with Crippen molar-refractivity contribution < 1.29 is 9.18 Å². The van der Waals surface area contributed by atoms with Crippen LogP contribution in [0.25, 0.3) is 11.0 Å². The van der Waals surface area contributed by atoms with Gasteiger partial charge < -0.3 is 14.9 Å². The number of amides is 1. The molecule has 2 N–H and O–H groups in total. The van der Waals surface area contributed by atoms with E-state index in [9.17, 15) is 9.18 Å². The number of benzene rings is 1. The van der Waals surface area contributed by atoms with Crippen LogP contribution in [0.4, 0.5) is 4.39 Å². The smallest absolute Gasteiger partial charge is 0.220 e. The SMILES string of the molecule is O=C(CCCn1c(=S)[nH]c2ccc(F)cc21)NC1CC1. The van der Waals surface area contributed by atoms with E-state index in [2.05, 4.69) is 10.3 Å². The first-order chi connectivity index (χ1) is 9.63. The van der Waals surface area contributed by atoms with Crippen LogP contribution in [-0.2, 0) is 11.3 Å². The van der Waals surface area contributed by atoms with Crippen LogP contribution < -0.4 is 5.32 Å². The van der Waals surface area contributed by atoms with Gasteiger partial charge >= 0.3 is 0 Å². The normalized spacial score (nSPS) is 14.7. The number of carbonyl (C=O) groups excluding carboxylic acids is 1. The highest BCUT2D eigenvalue weighted by atomic mass is 32.1. The van der Waals surface area contributed by atoms with E-state index in [1.54, 1.807) is 6.07 Å². The summed E-state index contributed by atoms with van der Waals surface area (Å²) in [5.41, 5.74) is 1.57. The molecule has 0 spiro atoms. The molecule has 1 aromatic carbocycles. The lowest BCUT2D eigenvalue weighted by Crippen LogP contribution is -2.25. The summed E-state index contributed by atoms with van der Waals surface area (Å²) in [6, 6.07) is 4.94. The lowest BCUT2D eigenvalue weighted by molar-refractivity contribution is -0.121. The number of fused-ring (bicyclic) bond motifs is 1. The van der Waals surface area contributed by atoms with Crippen molar-refractivity contribution in [1.82, 2.24) is 14.9 Å². The highest BCUT2D eigenvalue weighted by molar-refractivity contribution is 7.71. The summed E-state index contributed by atoms with van der Waals surface area (Å²) in [7, 11) is 0. The molecule has 1 aliphatic rings. The van der Waals surface area contributed by atoms with Crippen LogP contribution in [0.15, 0.2) is 18.2 Å². The van der Waals surface area contributed by atoms with Crippen molar-refractivity contribution in [2.24, 2.45) is 0 Å². The Labute approximate surface area is 121 Å². The molecule has 2 aromatic rings. The Morgan fingerprint density at radius 1 is 1.50 bits per heavy atom. The van der Waals surface area contributed by atoms with E-state index in [1.165, 1.54) is 12.1 Å². The number of imidazole rings is 1. The van der Waals surface area contributed by atoms with Gasteiger partial charge in [-0.15, -0.1) is 0 Å². The maximum atomic E-state index is 13.3. The molecule has 1 aromatic heterocycles. The number of aryl methyl sites for hydroxylation is 1. The molecule has 0 radical (unpaired) electrons. The fraction of sp³-hybridized carbons (Fsp3) is 0.429. The fourth-order valence-electron chi connectivity index (χ4n) is 2.27. The second kappa shape index (κ2) is 5.36. The monoisotopic (exact) mass is 293 g/mol. The molecule has 0 saturated heterocycles. The molecule has 1 aliphatic carbocycles. The molecule has 0 atom stereocenters. The number of nitrogens with one attached hydrogen (secondary N) is 2. The second-order valence-electron chi connectivity index (χ2n) is 5.19. The van der Waals surface area contributed by atoms with E-state index in [1.807, 2.05) is 4.57 Å². The van der Waals surface area contributed by atoms with Crippen molar-refractivity contribution in [3.05, 3.63) is 28.8 Å². The number of halogens is 1. The van der Waals surface area contributed by atoms with E-state index in [-0.39, 0.29) is 11.7 Å². The van der Waals surface area contributed by atoms with Gasteiger partial charge in [-0.05, 0) is 49.7 Å². The van der Waals surface area contributed by atoms with E-state index < -0.39 is 0 Å². The predicted octanol–water partition coefficient (Wildman–Crippen LogP) is 2.90. The largest absolute Gasteiger partial charge is 0.353 e. The van der Waals surface area contributed by atoms with Crippen molar-refractivity contribution in [3.8, 4) is 0 Å². The third-order valence-electron chi connectivity index (χ3n) is 3.47. The maximum Gasteiger partial charge on any atom is 0.220 e. The number of H-pyrrole nitrogens is 1. The summed E-state index contributed by atoms with van der Waals surface area (Å²) in [6.45, 7) is 0.611. The Morgan fingerprint density at radius 3 is 3.05 bits per heavy atom. The van der Waals surface area contributed by atoms with Gasteiger partial charge in [-0.2, -0.15) is 0 Å². The van der Waals surface area contributed by atoms with Gasteiger partial charge in [-0.1, -0.05) is 0 Å². The van der Waals surface area contributed by atoms with Gasteiger partial charge in [0.25, 0.3) is 0 Å². The molecule has 0 bridgehead atoms. The number of aromatic nitrogens is 2. The lowest BCUT2D eigenvalue weighted by atomic mass is 10.2. The molecule has 4 nitrogen and oxygen atoms in total. The zero-order chi connectivity index (χ0) is 14.1. The molecule has 1 saturated carbocycles.